The van der Waals surface area contributed by atoms with Crippen LogP contribution in [0, 0.1) is 0 Å². The summed E-state index contributed by atoms with van der Waals surface area (Å²) in [4.78, 5) is 2.34. The van der Waals surface area contributed by atoms with Crippen molar-refractivity contribution in [1.29, 1.82) is 0 Å². The number of nitrogen functional groups attached to an aromatic ring is 1. The molecule has 0 atom stereocenters. The lowest BCUT2D eigenvalue weighted by molar-refractivity contribution is 0.296. The summed E-state index contributed by atoms with van der Waals surface area (Å²) in [5.41, 5.74) is 7.50. The van der Waals surface area contributed by atoms with Crippen molar-refractivity contribution in [3.8, 4) is 0 Å². The summed E-state index contributed by atoms with van der Waals surface area (Å²) in [6.07, 6.45) is 0. The molecule has 0 aromatic heterocycles. The molecule has 0 saturated heterocycles. The standard InChI is InChI=1S/C11H17ClN2/c1-3-14(4-2)8-9-5-6-11(13)10(12)7-9/h5-7H,3-4,8,13H2,1-2H3. The summed E-state index contributed by atoms with van der Waals surface area (Å²) in [5, 5.41) is 0.648. The van der Waals surface area contributed by atoms with Crippen LogP contribution in [0.25, 0.3) is 0 Å². The molecule has 0 radical (unpaired) electrons. The molecule has 1 aromatic carbocycles. The first-order valence-electron chi connectivity index (χ1n) is 4.93. The van der Waals surface area contributed by atoms with Gasteiger partial charge in [-0.05, 0) is 30.8 Å². The van der Waals surface area contributed by atoms with E-state index in [-0.39, 0.29) is 0 Å². The largest absolute Gasteiger partial charge is 0.398 e. The molecule has 2 N–H and O–H groups in total. The Labute approximate surface area is 90.7 Å². The molecule has 0 aliphatic rings. The fourth-order valence-corrected chi connectivity index (χ4v) is 1.58. The summed E-state index contributed by atoms with van der Waals surface area (Å²) in [6.45, 7) is 7.36. The zero-order valence-electron chi connectivity index (χ0n) is 8.76. The van der Waals surface area contributed by atoms with E-state index in [2.05, 4.69) is 18.7 Å². The second kappa shape index (κ2) is 5.23. The molecule has 0 aliphatic carbocycles. The first-order chi connectivity index (χ1) is 6.67. The number of hydrogen-bond donors (Lipinski definition) is 1. The second-order valence-electron chi connectivity index (χ2n) is 3.32. The quantitative estimate of drug-likeness (QED) is 0.778. The minimum Gasteiger partial charge on any atom is -0.398 e. The topological polar surface area (TPSA) is 29.3 Å². The predicted octanol–water partition coefficient (Wildman–Crippen LogP) is 2.76. The number of benzene rings is 1. The number of nitrogens with two attached hydrogens (primary N) is 1. The van der Waals surface area contributed by atoms with Crippen molar-refractivity contribution in [3.05, 3.63) is 28.8 Å². The van der Waals surface area contributed by atoms with E-state index in [1.54, 1.807) is 0 Å². The molecule has 0 unspecified atom stereocenters. The van der Waals surface area contributed by atoms with Crippen LogP contribution in [0.3, 0.4) is 0 Å². The van der Waals surface area contributed by atoms with Gasteiger partial charge in [0.25, 0.3) is 0 Å². The average molecular weight is 213 g/mol. The van der Waals surface area contributed by atoms with Gasteiger partial charge in [0.1, 0.15) is 0 Å². The van der Waals surface area contributed by atoms with Crippen molar-refractivity contribution in [2.24, 2.45) is 0 Å². The maximum absolute atomic E-state index is 5.94. The van der Waals surface area contributed by atoms with Gasteiger partial charge < -0.3 is 5.73 Å². The smallest absolute Gasteiger partial charge is 0.0638 e. The zero-order chi connectivity index (χ0) is 10.6. The number of nitrogens with zero attached hydrogens (tertiary/aromatic N) is 1. The maximum Gasteiger partial charge on any atom is 0.0638 e. The van der Waals surface area contributed by atoms with Crippen LogP contribution in [0.1, 0.15) is 19.4 Å². The van der Waals surface area contributed by atoms with Gasteiger partial charge in [-0.1, -0.05) is 31.5 Å². The SMILES string of the molecule is CCN(CC)Cc1ccc(N)c(Cl)c1. The molecule has 0 bridgehead atoms. The summed E-state index contributed by atoms with van der Waals surface area (Å²) in [7, 11) is 0. The van der Waals surface area contributed by atoms with Crippen LogP contribution < -0.4 is 5.73 Å². The zero-order valence-corrected chi connectivity index (χ0v) is 9.51. The van der Waals surface area contributed by atoms with E-state index in [0.717, 1.165) is 19.6 Å². The summed E-state index contributed by atoms with van der Waals surface area (Å²) in [6, 6.07) is 5.83. The van der Waals surface area contributed by atoms with Crippen LogP contribution in [0.4, 0.5) is 5.69 Å². The molecule has 0 saturated carbocycles. The van der Waals surface area contributed by atoms with Crippen molar-refractivity contribution < 1.29 is 0 Å². The van der Waals surface area contributed by atoms with Crippen LogP contribution in [-0.4, -0.2) is 18.0 Å². The lowest BCUT2D eigenvalue weighted by Gasteiger charge is -2.18. The Bertz CT molecular complexity index is 295. The van der Waals surface area contributed by atoms with Crippen LogP contribution in [0.15, 0.2) is 18.2 Å². The Morgan fingerprint density at radius 1 is 1.29 bits per heavy atom. The molecule has 0 fully saturated rings. The van der Waals surface area contributed by atoms with Crippen molar-refractivity contribution in [3.63, 3.8) is 0 Å². The highest BCUT2D eigenvalue weighted by Gasteiger charge is 2.02. The van der Waals surface area contributed by atoms with E-state index in [0.29, 0.717) is 10.7 Å². The maximum atomic E-state index is 5.94. The number of rotatable bonds is 4. The number of halogens is 1. The molecule has 1 aromatic rings. The molecular weight excluding hydrogens is 196 g/mol. The van der Waals surface area contributed by atoms with Crippen LogP contribution in [0.2, 0.25) is 5.02 Å². The molecule has 0 spiro atoms. The van der Waals surface area contributed by atoms with Gasteiger partial charge in [-0.3, -0.25) is 4.90 Å². The van der Waals surface area contributed by atoms with Crippen molar-refractivity contribution in [2.45, 2.75) is 20.4 Å². The third-order valence-electron chi connectivity index (χ3n) is 2.37. The van der Waals surface area contributed by atoms with E-state index in [9.17, 15) is 0 Å². The summed E-state index contributed by atoms with van der Waals surface area (Å²) < 4.78 is 0. The van der Waals surface area contributed by atoms with Crippen LogP contribution in [0.5, 0.6) is 0 Å². The van der Waals surface area contributed by atoms with Gasteiger partial charge in [0, 0.05) is 6.54 Å². The van der Waals surface area contributed by atoms with Gasteiger partial charge in [-0.25, -0.2) is 0 Å². The lowest BCUT2D eigenvalue weighted by atomic mass is 10.2. The molecule has 14 heavy (non-hydrogen) atoms. The Hall–Kier alpha value is -0.730. The lowest BCUT2D eigenvalue weighted by Crippen LogP contribution is -2.22. The summed E-state index contributed by atoms with van der Waals surface area (Å²) >= 11 is 5.94. The predicted molar refractivity (Wildman–Crippen MR) is 62.5 cm³/mol. The van der Waals surface area contributed by atoms with Gasteiger partial charge in [-0.15, -0.1) is 0 Å². The Kier molecular flexibility index (Phi) is 4.23. The van der Waals surface area contributed by atoms with E-state index < -0.39 is 0 Å². The van der Waals surface area contributed by atoms with Gasteiger partial charge in [0.05, 0.1) is 10.7 Å². The van der Waals surface area contributed by atoms with Crippen LogP contribution in [-0.2, 0) is 6.54 Å². The molecule has 0 aliphatic heterocycles. The van der Waals surface area contributed by atoms with Crippen LogP contribution >= 0.6 is 11.6 Å². The van der Waals surface area contributed by atoms with Gasteiger partial charge in [0.2, 0.25) is 0 Å². The van der Waals surface area contributed by atoms with Crippen molar-refractivity contribution >= 4 is 17.3 Å². The van der Waals surface area contributed by atoms with E-state index in [1.807, 2.05) is 18.2 Å². The molecule has 0 heterocycles. The molecular formula is C11H17ClN2. The molecule has 0 amide bonds. The highest BCUT2D eigenvalue weighted by Crippen LogP contribution is 2.20. The third kappa shape index (κ3) is 2.89. The average Bonchev–Trinajstić information content (AvgIpc) is 2.19. The number of anilines is 1. The van der Waals surface area contributed by atoms with Crippen molar-refractivity contribution in [1.82, 2.24) is 4.90 Å². The second-order valence-corrected chi connectivity index (χ2v) is 3.72. The fourth-order valence-electron chi connectivity index (χ4n) is 1.37. The highest BCUT2D eigenvalue weighted by atomic mass is 35.5. The van der Waals surface area contributed by atoms with E-state index in [4.69, 9.17) is 17.3 Å². The van der Waals surface area contributed by atoms with Crippen molar-refractivity contribution in [2.75, 3.05) is 18.8 Å². The number of hydrogen-bond acceptors (Lipinski definition) is 2. The Balaban J connectivity index is 2.72. The first kappa shape index (κ1) is 11.3. The molecule has 1 rings (SSSR count). The normalized spacial score (nSPS) is 10.9. The minimum atomic E-state index is 0.648. The Morgan fingerprint density at radius 3 is 2.43 bits per heavy atom. The first-order valence-corrected chi connectivity index (χ1v) is 5.31. The van der Waals surface area contributed by atoms with E-state index >= 15 is 0 Å². The van der Waals surface area contributed by atoms with Gasteiger partial charge in [0.15, 0.2) is 0 Å². The monoisotopic (exact) mass is 212 g/mol. The molecule has 3 heteroatoms. The fraction of sp³-hybridized carbons (Fsp3) is 0.455. The highest BCUT2D eigenvalue weighted by molar-refractivity contribution is 6.33. The molecule has 78 valence electrons. The Morgan fingerprint density at radius 2 is 1.93 bits per heavy atom. The third-order valence-corrected chi connectivity index (χ3v) is 2.69. The van der Waals surface area contributed by atoms with E-state index in [1.165, 1.54) is 5.56 Å². The minimum absolute atomic E-state index is 0.648. The van der Waals surface area contributed by atoms with Gasteiger partial charge in [-0.2, -0.15) is 0 Å². The summed E-state index contributed by atoms with van der Waals surface area (Å²) in [5.74, 6) is 0. The molecule has 2 nitrogen and oxygen atoms in total. The van der Waals surface area contributed by atoms with Gasteiger partial charge >= 0.3 is 0 Å².